The highest BCUT2D eigenvalue weighted by Gasteiger charge is 2.29. The lowest BCUT2D eigenvalue weighted by molar-refractivity contribution is -0.116. The first-order valence-electron chi connectivity index (χ1n) is 11.2. The highest BCUT2D eigenvalue weighted by molar-refractivity contribution is 7.92. The SMILES string of the molecule is COc1ccc(N([C@@H](C)C(=O)Nc2ccc(S(=O)(=O)Nc3cc(OC)ccc3OC)cc2)S(C)(=O)=O)cc1. The molecule has 3 rings (SSSR count). The van der Waals surface area contributed by atoms with Gasteiger partial charge in [-0.25, -0.2) is 16.8 Å². The average molecular weight is 564 g/mol. The molecule has 0 spiro atoms. The highest BCUT2D eigenvalue weighted by Crippen LogP contribution is 2.31. The molecule has 0 heterocycles. The number of nitrogens with one attached hydrogen (secondary N) is 2. The van der Waals surface area contributed by atoms with Gasteiger partial charge in [-0.2, -0.15) is 0 Å². The van der Waals surface area contributed by atoms with Gasteiger partial charge in [0.1, 0.15) is 23.3 Å². The van der Waals surface area contributed by atoms with Crippen molar-refractivity contribution in [2.45, 2.75) is 17.9 Å². The molecule has 0 unspecified atom stereocenters. The number of anilines is 3. The second-order valence-electron chi connectivity index (χ2n) is 8.12. The van der Waals surface area contributed by atoms with E-state index in [4.69, 9.17) is 14.2 Å². The molecule has 0 saturated heterocycles. The van der Waals surface area contributed by atoms with Crippen LogP contribution in [0.3, 0.4) is 0 Å². The van der Waals surface area contributed by atoms with E-state index in [0.717, 1.165) is 10.6 Å². The number of carbonyl (C=O) groups excluding carboxylic acids is 1. The maximum Gasteiger partial charge on any atom is 0.262 e. The van der Waals surface area contributed by atoms with E-state index in [0.29, 0.717) is 17.2 Å². The first-order valence-corrected chi connectivity index (χ1v) is 14.5. The number of amides is 1. The lowest BCUT2D eigenvalue weighted by atomic mass is 10.2. The van der Waals surface area contributed by atoms with E-state index in [1.807, 2.05) is 0 Å². The molecule has 38 heavy (non-hydrogen) atoms. The molecule has 0 fully saturated rings. The predicted molar refractivity (Wildman–Crippen MR) is 145 cm³/mol. The highest BCUT2D eigenvalue weighted by atomic mass is 32.2. The Bertz CT molecular complexity index is 1490. The van der Waals surface area contributed by atoms with Gasteiger partial charge in [0.2, 0.25) is 15.9 Å². The summed E-state index contributed by atoms with van der Waals surface area (Å²) >= 11 is 0. The molecule has 204 valence electrons. The number of carbonyl (C=O) groups is 1. The first-order chi connectivity index (χ1) is 17.9. The van der Waals surface area contributed by atoms with Crippen LogP contribution in [-0.2, 0) is 24.8 Å². The van der Waals surface area contributed by atoms with Crippen LogP contribution in [0.2, 0.25) is 0 Å². The van der Waals surface area contributed by atoms with Crippen molar-refractivity contribution in [2.75, 3.05) is 41.9 Å². The van der Waals surface area contributed by atoms with E-state index in [9.17, 15) is 21.6 Å². The van der Waals surface area contributed by atoms with Crippen molar-refractivity contribution in [2.24, 2.45) is 0 Å². The zero-order valence-corrected chi connectivity index (χ0v) is 23.1. The summed E-state index contributed by atoms with van der Waals surface area (Å²) in [5.41, 5.74) is 0.761. The van der Waals surface area contributed by atoms with Gasteiger partial charge in [0.15, 0.2) is 0 Å². The maximum absolute atomic E-state index is 13.0. The molecule has 0 radical (unpaired) electrons. The molecule has 0 aliphatic heterocycles. The van der Waals surface area contributed by atoms with Crippen LogP contribution in [0.1, 0.15) is 6.92 Å². The number of benzene rings is 3. The van der Waals surface area contributed by atoms with Crippen LogP contribution >= 0.6 is 0 Å². The van der Waals surface area contributed by atoms with E-state index >= 15 is 0 Å². The lowest BCUT2D eigenvalue weighted by Crippen LogP contribution is -2.45. The zero-order valence-electron chi connectivity index (χ0n) is 21.5. The van der Waals surface area contributed by atoms with Gasteiger partial charge in [0.05, 0.1) is 43.9 Å². The Labute approximate surface area is 222 Å². The summed E-state index contributed by atoms with van der Waals surface area (Å²) < 4.78 is 69.8. The van der Waals surface area contributed by atoms with Gasteiger partial charge < -0.3 is 19.5 Å². The molecular weight excluding hydrogens is 534 g/mol. The maximum atomic E-state index is 13.0. The summed E-state index contributed by atoms with van der Waals surface area (Å²) in [4.78, 5) is 12.9. The third-order valence-corrected chi connectivity index (χ3v) is 8.12. The van der Waals surface area contributed by atoms with Crippen LogP contribution in [0, 0.1) is 0 Å². The van der Waals surface area contributed by atoms with Crippen molar-refractivity contribution in [3.05, 3.63) is 66.7 Å². The second kappa shape index (κ2) is 11.6. The lowest BCUT2D eigenvalue weighted by Gasteiger charge is -2.28. The molecule has 0 saturated carbocycles. The van der Waals surface area contributed by atoms with Crippen molar-refractivity contribution in [1.82, 2.24) is 0 Å². The minimum atomic E-state index is -4.00. The number of hydrogen-bond donors (Lipinski definition) is 2. The summed E-state index contributed by atoms with van der Waals surface area (Å²) in [6, 6.07) is 15.3. The largest absolute Gasteiger partial charge is 0.497 e. The molecule has 2 N–H and O–H groups in total. The normalized spacial score (nSPS) is 12.2. The molecule has 3 aromatic rings. The topological polar surface area (TPSA) is 140 Å². The van der Waals surface area contributed by atoms with Crippen molar-refractivity contribution in [3.63, 3.8) is 0 Å². The smallest absolute Gasteiger partial charge is 0.262 e. The van der Waals surface area contributed by atoms with Crippen molar-refractivity contribution in [1.29, 1.82) is 0 Å². The number of methoxy groups -OCH3 is 3. The Morgan fingerprint density at radius 1 is 0.816 bits per heavy atom. The molecule has 11 nitrogen and oxygen atoms in total. The molecule has 1 atom stereocenters. The zero-order chi connectivity index (χ0) is 28.1. The summed E-state index contributed by atoms with van der Waals surface area (Å²) in [7, 11) is -3.46. The van der Waals surface area contributed by atoms with Crippen LogP contribution in [0.4, 0.5) is 17.1 Å². The third-order valence-electron chi connectivity index (χ3n) is 5.50. The molecule has 13 heteroatoms. The summed E-state index contributed by atoms with van der Waals surface area (Å²) in [6.07, 6.45) is 1.00. The minimum absolute atomic E-state index is 0.0654. The molecule has 0 aliphatic rings. The van der Waals surface area contributed by atoms with Gasteiger partial charge in [0.25, 0.3) is 10.0 Å². The molecule has 0 bridgehead atoms. The monoisotopic (exact) mass is 563 g/mol. The third kappa shape index (κ3) is 6.66. The number of hydrogen-bond acceptors (Lipinski definition) is 8. The Morgan fingerprint density at radius 2 is 1.39 bits per heavy atom. The summed E-state index contributed by atoms with van der Waals surface area (Å²) in [5.74, 6) is 0.669. The Hall–Kier alpha value is -3.97. The number of sulfonamides is 2. The molecule has 0 aliphatic carbocycles. The van der Waals surface area contributed by atoms with E-state index in [-0.39, 0.29) is 22.0 Å². The second-order valence-corrected chi connectivity index (χ2v) is 11.7. The Morgan fingerprint density at radius 3 is 1.92 bits per heavy atom. The van der Waals surface area contributed by atoms with Crippen LogP contribution in [0.15, 0.2) is 71.6 Å². The van der Waals surface area contributed by atoms with Gasteiger partial charge in [-0.05, 0) is 67.6 Å². The van der Waals surface area contributed by atoms with Crippen LogP contribution in [0.25, 0.3) is 0 Å². The minimum Gasteiger partial charge on any atom is -0.497 e. The fraction of sp³-hybridized carbons (Fsp3) is 0.240. The van der Waals surface area contributed by atoms with E-state index < -0.39 is 32.0 Å². The number of nitrogens with zero attached hydrogens (tertiary/aromatic N) is 1. The fourth-order valence-electron chi connectivity index (χ4n) is 3.60. The van der Waals surface area contributed by atoms with Crippen LogP contribution < -0.4 is 28.6 Å². The van der Waals surface area contributed by atoms with E-state index in [1.165, 1.54) is 70.7 Å². The molecule has 1 amide bonds. The van der Waals surface area contributed by atoms with Crippen LogP contribution in [-0.4, -0.2) is 56.4 Å². The number of ether oxygens (including phenoxy) is 3. The number of rotatable bonds is 11. The summed E-state index contributed by atoms with van der Waals surface area (Å²) in [6.45, 7) is 1.45. The molecular formula is C25H29N3O8S2. The Balaban J connectivity index is 1.78. The van der Waals surface area contributed by atoms with Gasteiger partial charge >= 0.3 is 0 Å². The molecule has 0 aromatic heterocycles. The van der Waals surface area contributed by atoms with Crippen molar-refractivity contribution >= 4 is 43.0 Å². The van der Waals surface area contributed by atoms with E-state index in [2.05, 4.69) is 10.0 Å². The quantitative estimate of drug-likeness (QED) is 0.362. The predicted octanol–water partition coefficient (Wildman–Crippen LogP) is 3.31. The average Bonchev–Trinajstić information content (AvgIpc) is 2.88. The van der Waals surface area contributed by atoms with Crippen molar-refractivity contribution in [3.8, 4) is 17.2 Å². The van der Waals surface area contributed by atoms with Gasteiger partial charge in [-0.15, -0.1) is 0 Å². The standard InChI is InChI=1S/C25H29N3O8S2/c1-17(28(37(5,30)31)19-8-10-20(34-2)11-9-19)25(29)26-18-6-13-22(14-7-18)38(32,33)27-23-16-21(35-3)12-15-24(23)36-4/h6-17,27H,1-5H3,(H,26,29)/t17-/m0/s1. The summed E-state index contributed by atoms with van der Waals surface area (Å²) in [5, 5.41) is 2.63. The van der Waals surface area contributed by atoms with Gasteiger partial charge in [-0.3, -0.25) is 13.8 Å². The van der Waals surface area contributed by atoms with Gasteiger partial charge in [-0.1, -0.05) is 0 Å². The Kier molecular flexibility index (Phi) is 8.74. The fourth-order valence-corrected chi connectivity index (χ4v) is 5.84. The first kappa shape index (κ1) is 28.6. The van der Waals surface area contributed by atoms with Crippen LogP contribution in [0.5, 0.6) is 17.2 Å². The van der Waals surface area contributed by atoms with E-state index in [1.54, 1.807) is 24.3 Å². The van der Waals surface area contributed by atoms with Gasteiger partial charge in [0, 0.05) is 11.8 Å². The molecule has 3 aromatic carbocycles. The van der Waals surface area contributed by atoms with Crippen molar-refractivity contribution < 1.29 is 35.8 Å².